The first-order valence-electron chi connectivity index (χ1n) is 6.53. The maximum Gasteiger partial charge on any atom is 0.271 e. The molecule has 0 fully saturated rings. The van der Waals surface area contributed by atoms with E-state index in [9.17, 15) is 4.79 Å². The van der Waals surface area contributed by atoms with Crippen LogP contribution in [0.3, 0.4) is 0 Å². The van der Waals surface area contributed by atoms with Gasteiger partial charge >= 0.3 is 0 Å². The molecule has 20 heavy (non-hydrogen) atoms. The highest BCUT2D eigenvalue weighted by Crippen LogP contribution is 2.03. The molecule has 2 heterocycles. The highest BCUT2D eigenvalue weighted by Gasteiger charge is 2.06. The smallest absolute Gasteiger partial charge is 0.271 e. The van der Waals surface area contributed by atoms with Crippen molar-refractivity contribution >= 4 is 11.7 Å². The zero-order chi connectivity index (χ0) is 14.4. The Bertz CT molecular complexity index is 562. The molecular weight excluding hydrogens is 256 g/mol. The molecule has 0 aromatic carbocycles. The molecule has 2 aromatic heterocycles. The van der Waals surface area contributed by atoms with Gasteiger partial charge in [0.15, 0.2) is 5.69 Å². The van der Waals surface area contributed by atoms with Gasteiger partial charge in [-0.15, -0.1) is 10.2 Å². The average molecular weight is 274 g/mol. The van der Waals surface area contributed by atoms with Crippen LogP contribution >= 0.6 is 0 Å². The summed E-state index contributed by atoms with van der Waals surface area (Å²) in [6.07, 6.45) is 2.62. The first-order chi connectivity index (χ1) is 9.70. The van der Waals surface area contributed by atoms with Crippen LogP contribution in [0.25, 0.3) is 0 Å². The molecule has 0 radical (unpaired) electrons. The summed E-state index contributed by atoms with van der Waals surface area (Å²) in [4.78, 5) is 11.5. The van der Waals surface area contributed by atoms with Gasteiger partial charge in [0.1, 0.15) is 5.82 Å². The normalized spacial score (nSPS) is 10.3. The van der Waals surface area contributed by atoms with E-state index < -0.39 is 0 Å². The van der Waals surface area contributed by atoms with E-state index in [1.54, 1.807) is 18.3 Å². The molecule has 106 valence electrons. The Hall–Kier alpha value is -2.44. The molecule has 2 N–H and O–H groups in total. The third-order valence-electron chi connectivity index (χ3n) is 2.84. The largest absolute Gasteiger partial charge is 0.368 e. The number of aryl methyl sites for hydroxylation is 1. The molecular formula is C13H18N6O. The summed E-state index contributed by atoms with van der Waals surface area (Å²) < 4.78 is 1.84. The van der Waals surface area contributed by atoms with Crippen LogP contribution in [0.4, 0.5) is 5.82 Å². The maximum atomic E-state index is 11.5. The minimum absolute atomic E-state index is 0.207. The van der Waals surface area contributed by atoms with Gasteiger partial charge in [-0.3, -0.25) is 9.48 Å². The highest BCUT2D eigenvalue weighted by atomic mass is 16.1. The summed E-state index contributed by atoms with van der Waals surface area (Å²) in [6.45, 7) is 3.17. The molecule has 0 atom stereocenters. The van der Waals surface area contributed by atoms with Gasteiger partial charge < -0.3 is 10.6 Å². The number of amides is 1. The van der Waals surface area contributed by atoms with Crippen molar-refractivity contribution in [1.82, 2.24) is 25.3 Å². The molecule has 0 aliphatic carbocycles. The number of hydrogen-bond donors (Lipinski definition) is 2. The van der Waals surface area contributed by atoms with Crippen LogP contribution in [0, 0.1) is 0 Å². The van der Waals surface area contributed by atoms with Crippen molar-refractivity contribution in [2.45, 2.75) is 13.3 Å². The number of anilines is 1. The van der Waals surface area contributed by atoms with Gasteiger partial charge in [0, 0.05) is 38.4 Å². The first kappa shape index (κ1) is 14.0. The SMILES string of the molecule is CCNC(=O)c1ccc(NCCc2ccnn2C)nn1. The van der Waals surface area contributed by atoms with Crippen LogP contribution in [-0.4, -0.2) is 39.0 Å². The zero-order valence-electron chi connectivity index (χ0n) is 11.6. The average Bonchev–Trinajstić information content (AvgIpc) is 2.85. The van der Waals surface area contributed by atoms with Crippen LogP contribution in [0.1, 0.15) is 23.1 Å². The number of carbonyl (C=O) groups is 1. The Morgan fingerprint density at radius 1 is 1.30 bits per heavy atom. The third kappa shape index (κ3) is 3.53. The Morgan fingerprint density at radius 2 is 2.15 bits per heavy atom. The number of carbonyl (C=O) groups excluding carboxylic acids is 1. The van der Waals surface area contributed by atoms with Gasteiger partial charge in [0.25, 0.3) is 5.91 Å². The number of rotatable bonds is 6. The summed E-state index contributed by atoms with van der Waals surface area (Å²) >= 11 is 0. The monoisotopic (exact) mass is 274 g/mol. The van der Waals surface area contributed by atoms with Gasteiger partial charge in [-0.05, 0) is 25.1 Å². The van der Waals surface area contributed by atoms with Crippen molar-refractivity contribution in [3.05, 3.63) is 35.8 Å². The van der Waals surface area contributed by atoms with Crippen molar-refractivity contribution in [3.8, 4) is 0 Å². The van der Waals surface area contributed by atoms with Crippen LogP contribution in [-0.2, 0) is 13.5 Å². The first-order valence-corrected chi connectivity index (χ1v) is 6.53. The Morgan fingerprint density at radius 3 is 2.75 bits per heavy atom. The van der Waals surface area contributed by atoms with Crippen molar-refractivity contribution < 1.29 is 4.79 Å². The molecule has 0 bridgehead atoms. The molecule has 0 spiro atoms. The van der Waals surface area contributed by atoms with Gasteiger partial charge in [-0.25, -0.2) is 0 Å². The Balaban J connectivity index is 1.85. The summed E-state index contributed by atoms with van der Waals surface area (Å²) in [5.41, 5.74) is 1.47. The Labute approximate surface area is 117 Å². The van der Waals surface area contributed by atoms with E-state index in [0.717, 1.165) is 18.7 Å². The highest BCUT2D eigenvalue weighted by molar-refractivity contribution is 5.92. The molecule has 0 aliphatic heterocycles. The molecule has 0 saturated carbocycles. The number of nitrogens with one attached hydrogen (secondary N) is 2. The van der Waals surface area contributed by atoms with Crippen LogP contribution in [0.15, 0.2) is 24.4 Å². The topological polar surface area (TPSA) is 84.7 Å². The van der Waals surface area contributed by atoms with Gasteiger partial charge in [-0.1, -0.05) is 0 Å². The fraction of sp³-hybridized carbons (Fsp3) is 0.385. The quantitative estimate of drug-likeness (QED) is 0.806. The maximum absolute atomic E-state index is 11.5. The molecule has 2 rings (SSSR count). The molecule has 0 aliphatic rings. The third-order valence-corrected chi connectivity index (χ3v) is 2.84. The Kier molecular flexibility index (Phi) is 4.65. The van der Waals surface area contributed by atoms with Crippen molar-refractivity contribution in [2.24, 2.45) is 7.05 Å². The second-order valence-corrected chi connectivity index (χ2v) is 4.29. The molecule has 7 nitrogen and oxygen atoms in total. The zero-order valence-corrected chi connectivity index (χ0v) is 11.6. The second kappa shape index (κ2) is 6.65. The lowest BCUT2D eigenvalue weighted by Crippen LogP contribution is -2.24. The lowest BCUT2D eigenvalue weighted by Gasteiger charge is -2.06. The van der Waals surface area contributed by atoms with E-state index in [2.05, 4.69) is 25.9 Å². The van der Waals surface area contributed by atoms with Gasteiger partial charge in [0.05, 0.1) is 0 Å². The fourth-order valence-corrected chi connectivity index (χ4v) is 1.76. The number of nitrogens with zero attached hydrogens (tertiary/aromatic N) is 4. The summed E-state index contributed by atoms with van der Waals surface area (Å²) in [5.74, 6) is 0.446. The summed E-state index contributed by atoms with van der Waals surface area (Å²) in [7, 11) is 1.91. The van der Waals surface area contributed by atoms with Gasteiger partial charge in [0.2, 0.25) is 0 Å². The molecule has 0 saturated heterocycles. The molecule has 0 unspecified atom stereocenters. The van der Waals surface area contributed by atoms with Crippen molar-refractivity contribution in [3.63, 3.8) is 0 Å². The molecule has 7 heteroatoms. The van der Waals surface area contributed by atoms with Crippen molar-refractivity contribution in [2.75, 3.05) is 18.4 Å². The van der Waals surface area contributed by atoms with Crippen molar-refractivity contribution in [1.29, 1.82) is 0 Å². The van der Waals surface area contributed by atoms with Crippen LogP contribution in [0.2, 0.25) is 0 Å². The van der Waals surface area contributed by atoms with E-state index in [1.807, 2.05) is 24.7 Å². The van der Waals surface area contributed by atoms with Gasteiger partial charge in [-0.2, -0.15) is 5.10 Å². The summed E-state index contributed by atoms with van der Waals surface area (Å²) in [5, 5.41) is 17.8. The minimum Gasteiger partial charge on any atom is -0.368 e. The molecule has 2 aromatic rings. The van der Waals surface area contributed by atoms with Crippen LogP contribution in [0.5, 0.6) is 0 Å². The minimum atomic E-state index is -0.207. The predicted molar refractivity (Wildman–Crippen MR) is 75.4 cm³/mol. The van der Waals surface area contributed by atoms with E-state index in [1.165, 1.54) is 0 Å². The number of aromatic nitrogens is 4. The lowest BCUT2D eigenvalue weighted by molar-refractivity contribution is 0.0950. The second-order valence-electron chi connectivity index (χ2n) is 4.29. The lowest BCUT2D eigenvalue weighted by atomic mass is 10.3. The standard InChI is InChI=1S/C13H18N6O/c1-3-14-13(20)11-4-5-12(18-17-11)15-8-6-10-7-9-16-19(10)2/h4-5,7,9H,3,6,8H2,1-2H3,(H,14,20)(H,15,18). The van der Waals surface area contributed by atoms with E-state index in [-0.39, 0.29) is 5.91 Å². The van der Waals surface area contributed by atoms with Crippen LogP contribution < -0.4 is 10.6 Å². The fourth-order valence-electron chi connectivity index (χ4n) is 1.76. The number of hydrogen-bond acceptors (Lipinski definition) is 5. The summed E-state index contributed by atoms with van der Waals surface area (Å²) in [6, 6.07) is 5.39. The van der Waals surface area contributed by atoms with E-state index in [0.29, 0.717) is 18.1 Å². The van der Waals surface area contributed by atoms with E-state index >= 15 is 0 Å². The molecule has 1 amide bonds. The predicted octanol–water partition coefficient (Wildman–Crippen LogP) is 0.614. The van der Waals surface area contributed by atoms with E-state index in [4.69, 9.17) is 0 Å².